The topological polar surface area (TPSA) is 37.7 Å². The normalized spacial score (nSPS) is 11.9. The van der Waals surface area contributed by atoms with Crippen LogP contribution in [0.1, 0.15) is 17.2 Å². The summed E-state index contributed by atoms with van der Waals surface area (Å²) in [6, 6.07) is 14.6. The maximum Gasteiger partial charge on any atom is 0.166 e. The van der Waals surface area contributed by atoms with Crippen molar-refractivity contribution in [2.45, 2.75) is 12.6 Å². The highest BCUT2D eigenvalue weighted by atomic mass is 32.1. The summed E-state index contributed by atoms with van der Waals surface area (Å²) >= 11 is 5.36. The minimum atomic E-state index is -0.238. The lowest BCUT2D eigenvalue weighted by atomic mass is 10.0. The Morgan fingerprint density at radius 2 is 1.80 bits per heavy atom. The summed E-state index contributed by atoms with van der Waals surface area (Å²) in [7, 11) is 5.89. The second kappa shape index (κ2) is 9.34. The summed E-state index contributed by atoms with van der Waals surface area (Å²) in [5.74, 6) is 0.638. The van der Waals surface area contributed by atoms with Gasteiger partial charge in [0.15, 0.2) is 5.11 Å². The molecule has 0 aliphatic rings. The molecule has 0 amide bonds. The first kappa shape index (κ1) is 19.1. The number of ether oxygens (including phenoxy) is 1. The molecule has 25 heavy (non-hydrogen) atoms. The van der Waals surface area contributed by atoms with Crippen molar-refractivity contribution in [2.24, 2.45) is 0 Å². The van der Waals surface area contributed by atoms with Gasteiger partial charge in [-0.05, 0) is 42.0 Å². The van der Waals surface area contributed by atoms with Crippen LogP contribution >= 0.6 is 12.2 Å². The zero-order valence-corrected chi connectivity index (χ0v) is 15.6. The van der Waals surface area contributed by atoms with E-state index in [1.165, 1.54) is 17.0 Å². The lowest BCUT2D eigenvalue weighted by Gasteiger charge is -2.24. The molecule has 2 aromatic carbocycles. The van der Waals surface area contributed by atoms with E-state index >= 15 is 0 Å². The van der Waals surface area contributed by atoms with Crippen molar-refractivity contribution >= 4 is 17.3 Å². The van der Waals surface area contributed by atoms with Crippen molar-refractivity contribution in [2.75, 3.05) is 27.7 Å². The molecule has 0 aliphatic heterocycles. The van der Waals surface area contributed by atoms with Gasteiger partial charge in [-0.2, -0.15) is 0 Å². The Kier molecular flexibility index (Phi) is 7.16. The maximum absolute atomic E-state index is 12.9. The zero-order chi connectivity index (χ0) is 18.2. The van der Waals surface area contributed by atoms with Gasteiger partial charge in [-0.25, -0.2) is 4.39 Å². The molecule has 0 spiro atoms. The van der Waals surface area contributed by atoms with Crippen LogP contribution in [0, 0.1) is 5.82 Å². The van der Waals surface area contributed by atoms with Gasteiger partial charge in [0.1, 0.15) is 17.6 Å². The highest BCUT2D eigenvalue weighted by Gasteiger charge is 2.21. The van der Waals surface area contributed by atoms with Crippen LogP contribution in [0.5, 0.6) is 5.75 Å². The number of quaternary nitrogens is 1. The average molecular weight is 362 g/mol. The predicted octanol–water partition coefficient (Wildman–Crippen LogP) is 1.68. The predicted molar refractivity (Wildman–Crippen MR) is 102 cm³/mol. The van der Waals surface area contributed by atoms with E-state index in [0.717, 1.165) is 16.9 Å². The number of halogens is 1. The molecule has 4 nitrogen and oxygen atoms in total. The Morgan fingerprint density at radius 1 is 1.12 bits per heavy atom. The Balaban J connectivity index is 1.92. The number of thiocarbonyl (C=S) groups is 1. The fraction of sp³-hybridized carbons (Fsp3) is 0.316. The van der Waals surface area contributed by atoms with Crippen LogP contribution in [0.2, 0.25) is 0 Å². The molecule has 2 aromatic rings. The molecule has 3 N–H and O–H groups in total. The van der Waals surface area contributed by atoms with Gasteiger partial charge in [0.2, 0.25) is 0 Å². The van der Waals surface area contributed by atoms with Crippen LogP contribution in [0.4, 0.5) is 4.39 Å². The van der Waals surface area contributed by atoms with Gasteiger partial charge < -0.3 is 20.3 Å². The number of likely N-dealkylation sites (N-methyl/N-ethyl adjacent to an activating group) is 1. The fourth-order valence-corrected chi connectivity index (χ4v) is 2.78. The van der Waals surface area contributed by atoms with Gasteiger partial charge in [-0.15, -0.1) is 0 Å². The second-order valence-electron chi connectivity index (χ2n) is 6.06. The quantitative estimate of drug-likeness (QED) is 0.656. The minimum Gasteiger partial charge on any atom is -0.496 e. The minimum absolute atomic E-state index is 0.196. The smallest absolute Gasteiger partial charge is 0.166 e. The SMILES string of the molecule is COc1ccccc1[C@@H](CNC(=S)NCc1ccc(F)cc1)[NH+](C)C. The van der Waals surface area contributed by atoms with Gasteiger partial charge in [-0.1, -0.05) is 24.3 Å². The summed E-state index contributed by atoms with van der Waals surface area (Å²) in [5.41, 5.74) is 2.11. The van der Waals surface area contributed by atoms with E-state index in [4.69, 9.17) is 17.0 Å². The Labute approximate surface area is 154 Å². The first-order chi connectivity index (χ1) is 12.0. The Hall–Kier alpha value is -2.18. The molecule has 0 saturated carbocycles. The van der Waals surface area contributed by atoms with Crippen LogP contribution in [-0.2, 0) is 6.54 Å². The second-order valence-corrected chi connectivity index (χ2v) is 6.47. The van der Waals surface area contributed by atoms with Crippen LogP contribution in [-0.4, -0.2) is 32.9 Å². The van der Waals surface area contributed by atoms with Crippen molar-refractivity contribution < 1.29 is 14.0 Å². The number of rotatable bonds is 7. The maximum atomic E-state index is 12.9. The van der Waals surface area contributed by atoms with Gasteiger partial charge in [0.25, 0.3) is 0 Å². The first-order valence-electron chi connectivity index (χ1n) is 8.20. The molecule has 0 aromatic heterocycles. The van der Waals surface area contributed by atoms with E-state index < -0.39 is 0 Å². The van der Waals surface area contributed by atoms with Crippen LogP contribution in [0.3, 0.4) is 0 Å². The fourth-order valence-electron chi connectivity index (χ4n) is 2.62. The van der Waals surface area contributed by atoms with E-state index in [9.17, 15) is 4.39 Å². The molecule has 6 heteroatoms. The molecule has 0 heterocycles. The van der Waals surface area contributed by atoms with Gasteiger partial charge >= 0.3 is 0 Å². The summed E-state index contributed by atoms with van der Waals surface area (Å²) < 4.78 is 18.4. The monoisotopic (exact) mass is 362 g/mol. The van der Waals surface area contributed by atoms with Crippen LogP contribution in [0.25, 0.3) is 0 Å². The van der Waals surface area contributed by atoms with Crippen molar-refractivity contribution in [1.82, 2.24) is 10.6 Å². The molecular weight excluding hydrogens is 337 g/mol. The largest absolute Gasteiger partial charge is 0.496 e. The van der Waals surface area contributed by atoms with Crippen molar-refractivity contribution in [3.8, 4) is 5.75 Å². The van der Waals surface area contributed by atoms with Gasteiger partial charge in [-0.3, -0.25) is 0 Å². The molecule has 2 rings (SSSR count). The van der Waals surface area contributed by atoms with Crippen LogP contribution < -0.4 is 20.3 Å². The third kappa shape index (κ3) is 5.69. The number of methoxy groups -OCH3 is 1. The van der Waals surface area contributed by atoms with Crippen LogP contribution in [0.15, 0.2) is 48.5 Å². The molecule has 0 unspecified atom stereocenters. The van der Waals surface area contributed by atoms with E-state index in [0.29, 0.717) is 18.2 Å². The van der Waals surface area contributed by atoms with Crippen molar-refractivity contribution in [1.29, 1.82) is 0 Å². The Morgan fingerprint density at radius 3 is 2.44 bits per heavy atom. The molecule has 134 valence electrons. The summed E-state index contributed by atoms with van der Waals surface area (Å²) in [5, 5.41) is 6.99. The Bertz CT molecular complexity index is 691. The highest BCUT2D eigenvalue weighted by Crippen LogP contribution is 2.22. The highest BCUT2D eigenvalue weighted by molar-refractivity contribution is 7.80. The molecule has 0 aliphatic carbocycles. The van der Waals surface area contributed by atoms with E-state index in [2.05, 4.69) is 30.8 Å². The first-order valence-corrected chi connectivity index (χ1v) is 8.61. The average Bonchev–Trinajstić information content (AvgIpc) is 2.61. The molecule has 0 bridgehead atoms. The summed E-state index contributed by atoms with van der Waals surface area (Å²) in [6.45, 7) is 1.23. The number of benzene rings is 2. The van der Waals surface area contributed by atoms with Crippen molar-refractivity contribution in [3.05, 3.63) is 65.5 Å². The molecule has 0 fully saturated rings. The zero-order valence-electron chi connectivity index (χ0n) is 14.8. The molecular formula is C19H25FN3OS+. The van der Waals surface area contributed by atoms with E-state index in [1.807, 2.05) is 18.2 Å². The number of para-hydroxylation sites is 1. The molecule has 0 radical (unpaired) electrons. The third-order valence-corrected chi connectivity index (χ3v) is 4.33. The lowest BCUT2D eigenvalue weighted by Crippen LogP contribution is -3.07. The summed E-state index contributed by atoms with van der Waals surface area (Å²) in [6.07, 6.45) is 0. The van der Waals surface area contributed by atoms with Gasteiger partial charge in [0, 0.05) is 6.54 Å². The van der Waals surface area contributed by atoms with Gasteiger partial charge in [0.05, 0.1) is 33.3 Å². The standard InChI is InChI=1S/C19H24FN3OS/c1-23(2)17(16-6-4-5-7-18(16)24-3)13-22-19(25)21-12-14-8-10-15(20)11-9-14/h4-11,17H,12-13H2,1-3H3,(H2,21,22,25)/p+1/t17-/m1/s1. The lowest BCUT2D eigenvalue weighted by molar-refractivity contribution is -0.890. The number of hydrogen-bond acceptors (Lipinski definition) is 2. The third-order valence-electron chi connectivity index (χ3n) is 4.04. The number of hydrogen-bond donors (Lipinski definition) is 3. The molecule has 1 atom stereocenters. The van der Waals surface area contributed by atoms with E-state index in [1.54, 1.807) is 19.2 Å². The van der Waals surface area contributed by atoms with E-state index in [-0.39, 0.29) is 11.9 Å². The summed E-state index contributed by atoms with van der Waals surface area (Å²) in [4.78, 5) is 1.28. The molecule has 0 saturated heterocycles. The van der Waals surface area contributed by atoms with Crippen molar-refractivity contribution in [3.63, 3.8) is 0 Å². The number of nitrogens with one attached hydrogen (secondary N) is 3.